The Labute approximate surface area is 133 Å². The average molecular weight is 361 g/mol. The summed E-state index contributed by atoms with van der Waals surface area (Å²) in [5.41, 5.74) is 0.397. The zero-order valence-electron chi connectivity index (χ0n) is 12.5. The van der Waals surface area contributed by atoms with Gasteiger partial charge in [0.2, 0.25) is 0 Å². The fraction of sp³-hybridized carbons (Fsp3) is 0.231. The molecule has 0 amide bonds. The lowest BCUT2D eigenvalue weighted by Crippen LogP contribution is -2.11. The van der Waals surface area contributed by atoms with Crippen LogP contribution in [0.15, 0.2) is 34.1 Å². The Hall–Kier alpha value is -1.88. The van der Waals surface area contributed by atoms with Crippen LogP contribution in [0.5, 0.6) is 5.75 Å². The normalized spacial score (nSPS) is 12.4. The van der Waals surface area contributed by atoms with Crippen LogP contribution in [0.25, 0.3) is 10.8 Å². The van der Waals surface area contributed by atoms with E-state index in [2.05, 4.69) is 0 Å². The minimum absolute atomic E-state index is 0.140. The summed E-state index contributed by atoms with van der Waals surface area (Å²) in [5, 5.41) is 0.619. The molecule has 0 aliphatic heterocycles. The van der Waals surface area contributed by atoms with E-state index in [0.29, 0.717) is 11.1 Å². The van der Waals surface area contributed by atoms with E-state index in [1.54, 1.807) is 19.0 Å². The Balaban J connectivity index is 3.04. The van der Waals surface area contributed by atoms with Crippen molar-refractivity contribution in [2.45, 2.75) is 9.79 Å². The zero-order chi connectivity index (χ0) is 17.6. The maximum atomic E-state index is 11.4. The minimum atomic E-state index is -4.51. The highest BCUT2D eigenvalue weighted by molar-refractivity contribution is 7.86. The zero-order valence-corrected chi connectivity index (χ0v) is 14.1. The second kappa shape index (κ2) is 5.64. The molecule has 0 heterocycles. The molecule has 0 unspecified atom stereocenters. The molecule has 0 atom stereocenters. The van der Waals surface area contributed by atoms with Crippen molar-refractivity contribution in [1.82, 2.24) is 0 Å². The summed E-state index contributed by atoms with van der Waals surface area (Å²) in [6, 6.07) is 4.59. The van der Waals surface area contributed by atoms with Gasteiger partial charge in [0.05, 0.1) is 16.9 Å². The lowest BCUT2D eigenvalue weighted by atomic mass is 10.1. The van der Waals surface area contributed by atoms with Crippen LogP contribution in [0.2, 0.25) is 0 Å². The van der Waals surface area contributed by atoms with Gasteiger partial charge in [-0.25, -0.2) is 0 Å². The van der Waals surface area contributed by atoms with Crippen molar-refractivity contribution in [2.24, 2.45) is 0 Å². The molecule has 0 saturated heterocycles. The van der Waals surface area contributed by atoms with Crippen LogP contribution in [0.4, 0.5) is 5.69 Å². The second-order valence-electron chi connectivity index (χ2n) is 5.01. The van der Waals surface area contributed by atoms with E-state index in [1.165, 1.54) is 13.2 Å². The van der Waals surface area contributed by atoms with E-state index >= 15 is 0 Å². The van der Waals surface area contributed by atoms with E-state index in [-0.39, 0.29) is 11.1 Å². The third kappa shape index (κ3) is 3.39. The predicted octanol–water partition coefficient (Wildman–Crippen LogP) is 1.41. The average Bonchev–Trinajstić information content (AvgIpc) is 2.42. The van der Waals surface area contributed by atoms with Crippen molar-refractivity contribution in [2.75, 3.05) is 26.1 Å². The van der Waals surface area contributed by atoms with Crippen LogP contribution in [0.3, 0.4) is 0 Å². The molecule has 2 rings (SSSR count). The molecule has 2 aromatic carbocycles. The molecule has 0 aliphatic rings. The minimum Gasteiger partial charge on any atom is -0.496 e. The topological polar surface area (TPSA) is 121 Å². The number of ether oxygens (including phenoxy) is 1. The molecule has 23 heavy (non-hydrogen) atoms. The number of fused-ring (bicyclic) bond motifs is 1. The van der Waals surface area contributed by atoms with Crippen molar-refractivity contribution < 1.29 is 30.7 Å². The van der Waals surface area contributed by atoms with Gasteiger partial charge in [-0.2, -0.15) is 16.8 Å². The molecule has 2 N–H and O–H groups in total. The van der Waals surface area contributed by atoms with Gasteiger partial charge in [-0.05, 0) is 23.6 Å². The monoisotopic (exact) mass is 361 g/mol. The lowest BCUT2D eigenvalue weighted by Gasteiger charge is -2.19. The maximum absolute atomic E-state index is 11.4. The van der Waals surface area contributed by atoms with Crippen LogP contribution in [0, 0.1) is 0 Å². The van der Waals surface area contributed by atoms with E-state index in [4.69, 9.17) is 4.74 Å². The third-order valence-corrected chi connectivity index (χ3v) is 4.90. The third-order valence-electron chi connectivity index (χ3n) is 3.24. The summed E-state index contributed by atoms with van der Waals surface area (Å²) in [7, 11) is -4.39. The summed E-state index contributed by atoms with van der Waals surface area (Å²) in [6.45, 7) is 0. The largest absolute Gasteiger partial charge is 0.496 e. The van der Waals surface area contributed by atoms with E-state index < -0.39 is 30.0 Å². The molecule has 0 aliphatic carbocycles. The Bertz CT molecular complexity index is 974. The molecule has 10 heteroatoms. The van der Waals surface area contributed by atoms with Crippen molar-refractivity contribution in [3.8, 4) is 5.75 Å². The number of nitrogens with zero attached hydrogens (tertiary/aromatic N) is 1. The Morgan fingerprint density at radius 2 is 1.39 bits per heavy atom. The van der Waals surface area contributed by atoms with Crippen LogP contribution < -0.4 is 9.64 Å². The molecular formula is C13H15NO7S2. The van der Waals surface area contributed by atoms with Crippen molar-refractivity contribution >= 4 is 36.7 Å². The fourth-order valence-electron chi connectivity index (χ4n) is 2.21. The van der Waals surface area contributed by atoms with E-state index in [0.717, 1.165) is 18.2 Å². The Kier molecular flexibility index (Phi) is 4.28. The van der Waals surface area contributed by atoms with E-state index in [1.807, 2.05) is 0 Å². The molecule has 0 saturated carbocycles. The fourth-order valence-corrected chi connectivity index (χ4v) is 3.28. The van der Waals surface area contributed by atoms with Crippen molar-refractivity contribution in [3.63, 3.8) is 0 Å². The number of hydrogen-bond acceptors (Lipinski definition) is 6. The van der Waals surface area contributed by atoms with Crippen LogP contribution in [-0.2, 0) is 20.2 Å². The van der Waals surface area contributed by atoms with Gasteiger partial charge in [-0.3, -0.25) is 9.11 Å². The van der Waals surface area contributed by atoms with Gasteiger partial charge in [-0.1, -0.05) is 0 Å². The molecular weight excluding hydrogens is 346 g/mol. The van der Waals surface area contributed by atoms with Crippen molar-refractivity contribution in [3.05, 3.63) is 24.3 Å². The lowest BCUT2D eigenvalue weighted by molar-refractivity contribution is 0.417. The first-order valence-electron chi connectivity index (χ1n) is 6.23. The molecule has 0 fully saturated rings. The van der Waals surface area contributed by atoms with Gasteiger partial charge in [0, 0.05) is 31.2 Å². The SMILES string of the molecule is COc1cc(S(=O)(=O)O)cc2cc(S(=O)(=O)O)cc(N(C)C)c12. The summed E-state index contributed by atoms with van der Waals surface area (Å²) < 4.78 is 69.2. The van der Waals surface area contributed by atoms with Gasteiger partial charge in [0.15, 0.2) is 0 Å². The Morgan fingerprint density at radius 1 is 0.913 bits per heavy atom. The molecule has 2 aromatic rings. The first kappa shape index (κ1) is 17.5. The molecule has 8 nitrogen and oxygen atoms in total. The standard InChI is InChI=1S/C13H15NO7S2/c1-14(2)11-6-9(22(15,16)17)4-8-5-10(23(18,19)20)7-12(21-3)13(8)11/h4-7H,1-3H3,(H,15,16,17)(H,18,19,20). The highest BCUT2D eigenvalue weighted by Crippen LogP contribution is 2.38. The second-order valence-corrected chi connectivity index (χ2v) is 7.85. The summed E-state index contributed by atoms with van der Waals surface area (Å²) >= 11 is 0. The summed E-state index contributed by atoms with van der Waals surface area (Å²) in [5.74, 6) is 0.140. The van der Waals surface area contributed by atoms with Gasteiger partial charge >= 0.3 is 0 Å². The summed E-state index contributed by atoms with van der Waals surface area (Å²) in [4.78, 5) is 0.745. The number of methoxy groups -OCH3 is 1. The number of anilines is 1. The molecule has 0 spiro atoms. The number of rotatable bonds is 4. The number of benzene rings is 2. The maximum Gasteiger partial charge on any atom is 0.294 e. The highest BCUT2D eigenvalue weighted by Gasteiger charge is 2.20. The van der Waals surface area contributed by atoms with Crippen LogP contribution in [0.1, 0.15) is 0 Å². The van der Waals surface area contributed by atoms with Gasteiger partial charge in [0.25, 0.3) is 20.2 Å². The van der Waals surface area contributed by atoms with Gasteiger partial charge in [0.1, 0.15) is 5.75 Å². The van der Waals surface area contributed by atoms with Gasteiger partial charge in [-0.15, -0.1) is 0 Å². The molecule has 0 bridgehead atoms. The first-order valence-corrected chi connectivity index (χ1v) is 9.11. The quantitative estimate of drug-likeness (QED) is 0.784. The molecule has 0 radical (unpaired) electrons. The highest BCUT2D eigenvalue weighted by atomic mass is 32.2. The molecule has 0 aromatic heterocycles. The van der Waals surface area contributed by atoms with E-state index in [9.17, 15) is 25.9 Å². The van der Waals surface area contributed by atoms with Gasteiger partial charge < -0.3 is 9.64 Å². The van der Waals surface area contributed by atoms with Crippen LogP contribution >= 0.6 is 0 Å². The first-order chi connectivity index (χ1) is 10.4. The molecule has 126 valence electrons. The predicted molar refractivity (Wildman–Crippen MR) is 84.5 cm³/mol. The Morgan fingerprint density at radius 3 is 1.78 bits per heavy atom. The van der Waals surface area contributed by atoms with Crippen LogP contribution in [-0.4, -0.2) is 47.1 Å². The van der Waals surface area contributed by atoms with Crippen molar-refractivity contribution in [1.29, 1.82) is 0 Å². The number of hydrogen-bond donors (Lipinski definition) is 2. The smallest absolute Gasteiger partial charge is 0.294 e. The summed E-state index contributed by atoms with van der Waals surface area (Å²) in [6.07, 6.45) is 0.